The molecule has 3 aliphatic rings. The van der Waals surface area contributed by atoms with Crippen LogP contribution in [0.25, 0.3) is 11.1 Å². The second-order valence-electron chi connectivity index (χ2n) is 8.97. The van der Waals surface area contributed by atoms with Crippen LogP contribution in [0.4, 0.5) is 0 Å². The Kier molecular flexibility index (Phi) is 4.38. The zero-order chi connectivity index (χ0) is 23.3. The Morgan fingerprint density at radius 3 is 2.56 bits per heavy atom. The van der Waals surface area contributed by atoms with Crippen LogP contribution in [0.15, 0.2) is 59.7 Å². The van der Waals surface area contributed by atoms with E-state index in [-0.39, 0.29) is 18.0 Å². The maximum absolute atomic E-state index is 9.30. The Bertz CT molecular complexity index is 1470. The van der Waals surface area contributed by atoms with Gasteiger partial charge < -0.3 is 19.9 Å². The lowest BCUT2D eigenvalue weighted by Crippen LogP contribution is -2.38. The van der Waals surface area contributed by atoms with E-state index in [1.165, 1.54) is 0 Å². The van der Waals surface area contributed by atoms with Gasteiger partial charge in [-0.3, -0.25) is 0 Å². The largest absolute Gasteiger partial charge is 0.462 e. The first-order valence-electron chi connectivity index (χ1n) is 10.9. The smallest absolute Gasteiger partial charge is 0.283 e. The highest BCUT2D eigenvalue weighted by atomic mass is 16.5. The molecule has 0 saturated carbocycles. The first-order chi connectivity index (χ1) is 16.5. The number of aliphatic imine (C=N–C) groups is 1. The van der Waals surface area contributed by atoms with Crippen molar-refractivity contribution >= 4 is 6.02 Å². The van der Waals surface area contributed by atoms with Gasteiger partial charge >= 0.3 is 0 Å². The predicted octanol–water partition coefficient (Wildman–Crippen LogP) is 3.70. The van der Waals surface area contributed by atoms with Gasteiger partial charge in [-0.05, 0) is 54.3 Å². The number of pyridine rings is 1. The molecule has 0 bridgehead atoms. The molecular weight excluding hydrogens is 428 g/mol. The monoisotopic (exact) mass is 448 g/mol. The first kappa shape index (κ1) is 20.3. The molecule has 1 fully saturated rings. The van der Waals surface area contributed by atoms with Gasteiger partial charge in [0.05, 0.1) is 36.5 Å². The highest BCUT2D eigenvalue weighted by molar-refractivity contribution is 5.78. The predicted molar refractivity (Wildman–Crippen MR) is 125 cm³/mol. The maximum atomic E-state index is 9.30. The molecule has 4 heterocycles. The molecule has 0 radical (unpaired) electrons. The van der Waals surface area contributed by atoms with Gasteiger partial charge in [-0.2, -0.15) is 5.26 Å². The minimum atomic E-state index is -0.876. The third-order valence-corrected chi connectivity index (χ3v) is 6.35. The number of hydrogen-bond acceptors (Lipinski definition) is 7. The van der Waals surface area contributed by atoms with Crippen molar-refractivity contribution in [3.8, 4) is 40.5 Å². The van der Waals surface area contributed by atoms with E-state index in [1.54, 1.807) is 12.3 Å². The molecule has 3 aliphatic heterocycles. The van der Waals surface area contributed by atoms with Crippen molar-refractivity contribution in [2.45, 2.75) is 12.5 Å². The molecule has 1 spiro atoms. The standard InChI is InChI=1S/C27H20N4O3/c1-26(14-32-15-26)8-7-20-11-22-24(13-30-20)34-23-6-5-19(18-4-2-3-17(9-18)12-28)10-21(23)27(22)16-33-25(29)31-27/h2-6,9-11,13H,14-16H2,1H3,(H2,29,31). The molecule has 34 heavy (non-hydrogen) atoms. The highest BCUT2D eigenvalue weighted by Crippen LogP contribution is 2.51. The Labute approximate surface area is 196 Å². The maximum Gasteiger partial charge on any atom is 0.283 e. The van der Waals surface area contributed by atoms with Crippen molar-refractivity contribution in [3.05, 3.63) is 77.1 Å². The average molecular weight is 448 g/mol. The second-order valence-corrected chi connectivity index (χ2v) is 8.97. The Hall–Kier alpha value is -4.33. The van der Waals surface area contributed by atoms with Gasteiger partial charge in [-0.25, -0.2) is 9.98 Å². The van der Waals surface area contributed by atoms with Crippen LogP contribution >= 0.6 is 0 Å². The van der Waals surface area contributed by atoms with Crippen LogP contribution < -0.4 is 10.5 Å². The number of rotatable bonds is 1. The molecule has 1 unspecified atom stereocenters. The van der Waals surface area contributed by atoms with Crippen molar-refractivity contribution in [1.82, 2.24) is 4.98 Å². The van der Waals surface area contributed by atoms with Gasteiger partial charge in [0.15, 0.2) is 11.3 Å². The molecule has 2 aromatic carbocycles. The molecular formula is C27H20N4O3. The molecule has 166 valence electrons. The molecule has 6 rings (SSSR count). The Morgan fingerprint density at radius 2 is 1.82 bits per heavy atom. The van der Waals surface area contributed by atoms with Crippen molar-refractivity contribution in [2.75, 3.05) is 19.8 Å². The number of nitrogens with two attached hydrogens (primary N) is 1. The van der Waals surface area contributed by atoms with E-state index >= 15 is 0 Å². The minimum Gasteiger partial charge on any atom is -0.462 e. The van der Waals surface area contributed by atoms with Crippen molar-refractivity contribution in [1.29, 1.82) is 5.26 Å². The minimum absolute atomic E-state index is 0.124. The number of fused-ring (bicyclic) bond motifs is 4. The van der Waals surface area contributed by atoms with Crippen LogP contribution in [0.2, 0.25) is 0 Å². The Balaban J connectivity index is 1.49. The van der Waals surface area contributed by atoms with Crippen LogP contribution in [0.1, 0.15) is 29.3 Å². The van der Waals surface area contributed by atoms with Crippen molar-refractivity contribution in [2.24, 2.45) is 16.1 Å². The molecule has 7 nitrogen and oxygen atoms in total. The molecule has 1 saturated heterocycles. The summed E-state index contributed by atoms with van der Waals surface area (Å²) < 4.78 is 17.2. The number of nitrogens with zero attached hydrogens (tertiary/aromatic N) is 3. The second kappa shape index (κ2) is 7.34. The van der Waals surface area contributed by atoms with Crippen LogP contribution in [0.5, 0.6) is 11.5 Å². The summed E-state index contributed by atoms with van der Waals surface area (Å²) in [6.45, 7) is 3.55. The lowest BCUT2D eigenvalue weighted by molar-refractivity contribution is -0.0648. The van der Waals surface area contributed by atoms with Crippen molar-refractivity contribution in [3.63, 3.8) is 0 Å². The van der Waals surface area contributed by atoms with E-state index in [9.17, 15) is 5.26 Å². The summed E-state index contributed by atoms with van der Waals surface area (Å²) in [4.78, 5) is 9.25. The van der Waals surface area contributed by atoms with Gasteiger partial charge in [0.2, 0.25) is 0 Å². The molecule has 0 aliphatic carbocycles. The zero-order valence-electron chi connectivity index (χ0n) is 18.5. The normalized spacial score (nSPS) is 20.9. The Morgan fingerprint density at radius 1 is 1.00 bits per heavy atom. The number of aromatic nitrogens is 1. The van der Waals surface area contributed by atoms with Gasteiger partial charge in [0.1, 0.15) is 18.1 Å². The number of nitriles is 1. The SMILES string of the molecule is CC1(C#Cc2cc3c(cn2)Oc2ccc(-c4cccc(C#N)c4)cc2C32COC(N)=N2)COC1. The van der Waals surface area contributed by atoms with E-state index in [0.717, 1.165) is 22.3 Å². The van der Waals surface area contributed by atoms with Crippen LogP contribution in [0, 0.1) is 28.6 Å². The van der Waals surface area contributed by atoms with Crippen LogP contribution in [0.3, 0.4) is 0 Å². The molecule has 3 aromatic rings. The number of hydrogen-bond donors (Lipinski definition) is 1. The van der Waals surface area contributed by atoms with Gasteiger partial charge in [0, 0.05) is 11.1 Å². The fraction of sp³-hybridized carbons (Fsp3) is 0.222. The molecule has 1 aromatic heterocycles. The molecule has 7 heteroatoms. The molecule has 2 N–H and O–H groups in total. The highest BCUT2D eigenvalue weighted by Gasteiger charge is 2.47. The van der Waals surface area contributed by atoms with Gasteiger partial charge in [-0.15, -0.1) is 0 Å². The summed E-state index contributed by atoms with van der Waals surface area (Å²) in [6.07, 6.45) is 1.68. The topological polar surface area (TPSA) is 103 Å². The first-order valence-corrected chi connectivity index (χ1v) is 10.9. The van der Waals surface area contributed by atoms with E-state index in [0.29, 0.717) is 36.0 Å². The number of amidine groups is 1. The fourth-order valence-electron chi connectivity index (χ4n) is 4.47. The molecule has 0 amide bonds. The summed E-state index contributed by atoms with van der Waals surface area (Å²) in [5, 5.41) is 9.30. The summed E-state index contributed by atoms with van der Waals surface area (Å²) in [6, 6.07) is 17.6. The van der Waals surface area contributed by atoms with Gasteiger partial charge in [-0.1, -0.05) is 24.1 Å². The van der Waals surface area contributed by atoms with E-state index < -0.39 is 5.54 Å². The van der Waals surface area contributed by atoms with E-state index in [2.05, 4.69) is 29.8 Å². The van der Waals surface area contributed by atoms with E-state index in [4.69, 9.17) is 24.9 Å². The summed E-state index contributed by atoms with van der Waals surface area (Å²) in [7, 11) is 0. The summed E-state index contributed by atoms with van der Waals surface area (Å²) >= 11 is 0. The summed E-state index contributed by atoms with van der Waals surface area (Å²) in [5.74, 6) is 7.71. The van der Waals surface area contributed by atoms with E-state index in [1.807, 2.05) is 42.5 Å². The third kappa shape index (κ3) is 3.18. The lowest BCUT2D eigenvalue weighted by atomic mass is 9.80. The van der Waals surface area contributed by atoms with Crippen LogP contribution in [-0.2, 0) is 15.0 Å². The number of benzene rings is 2. The van der Waals surface area contributed by atoms with Crippen molar-refractivity contribution < 1.29 is 14.2 Å². The number of ether oxygens (including phenoxy) is 3. The average Bonchev–Trinajstić information content (AvgIpc) is 3.24. The van der Waals surface area contributed by atoms with Crippen LogP contribution in [-0.4, -0.2) is 30.8 Å². The lowest BCUT2D eigenvalue weighted by Gasteiger charge is -2.33. The quantitative estimate of drug-likeness (QED) is 0.570. The third-order valence-electron chi connectivity index (χ3n) is 6.35. The van der Waals surface area contributed by atoms with Gasteiger partial charge in [0.25, 0.3) is 6.02 Å². The zero-order valence-corrected chi connectivity index (χ0v) is 18.5. The fourth-order valence-corrected chi connectivity index (χ4v) is 4.47. The molecule has 1 atom stereocenters. The summed E-state index contributed by atoms with van der Waals surface area (Å²) in [5.41, 5.74) is 9.71.